The lowest BCUT2D eigenvalue weighted by atomic mass is 10.4. The SMILES string of the molecule is Cn1cc(NS(=O)(=O)c2ncccc2F)ccc1=O. The van der Waals surface area contributed by atoms with Crippen LogP contribution in [0.1, 0.15) is 0 Å². The summed E-state index contributed by atoms with van der Waals surface area (Å²) in [7, 11) is -2.65. The van der Waals surface area contributed by atoms with Crippen molar-refractivity contribution >= 4 is 15.7 Å². The van der Waals surface area contributed by atoms with E-state index in [1.54, 1.807) is 0 Å². The van der Waals surface area contributed by atoms with Crippen LogP contribution in [0.4, 0.5) is 10.1 Å². The van der Waals surface area contributed by atoms with Crippen LogP contribution < -0.4 is 10.3 Å². The van der Waals surface area contributed by atoms with Crippen molar-refractivity contribution in [3.05, 3.63) is 52.8 Å². The number of aryl methyl sites for hydroxylation is 1. The number of halogens is 1. The number of aromatic nitrogens is 2. The van der Waals surface area contributed by atoms with Gasteiger partial charge in [0, 0.05) is 25.5 Å². The van der Waals surface area contributed by atoms with E-state index in [0.29, 0.717) is 0 Å². The Morgan fingerprint density at radius 3 is 2.68 bits per heavy atom. The quantitative estimate of drug-likeness (QED) is 0.900. The Bertz CT molecular complexity index is 771. The monoisotopic (exact) mass is 283 g/mol. The van der Waals surface area contributed by atoms with Gasteiger partial charge in [-0.3, -0.25) is 9.52 Å². The Morgan fingerprint density at radius 1 is 1.32 bits per heavy atom. The second-order valence-electron chi connectivity index (χ2n) is 3.76. The summed E-state index contributed by atoms with van der Waals surface area (Å²) in [5, 5.41) is -0.691. The summed E-state index contributed by atoms with van der Waals surface area (Å²) in [6.45, 7) is 0. The van der Waals surface area contributed by atoms with E-state index in [1.807, 2.05) is 0 Å². The highest BCUT2D eigenvalue weighted by Gasteiger charge is 2.20. The molecule has 0 amide bonds. The van der Waals surface area contributed by atoms with Crippen molar-refractivity contribution < 1.29 is 12.8 Å². The van der Waals surface area contributed by atoms with Gasteiger partial charge in [0.15, 0.2) is 5.82 Å². The first-order valence-corrected chi connectivity index (χ1v) is 6.68. The molecule has 0 aliphatic carbocycles. The smallest absolute Gasteiger partial charge is 0.282 e. The fraction of sp³-hybridized carbons (Fsp3) is 0.0909. The first-order valence-electron chi connectivity index (χ1n) is 5.20. The van der Waals surface area contributed by atoms with Crippen LogP contribution in [-0.2, 0) is 17.1 Å². The molecule has 2 rings (SSSR count). The summed E-state index contributed by atoms with van der Waals surface area (Å²) >= 11 is 0. The Hall–Kier alpha value is -2.22. The molecule has 0 aromatic carbocycles. The second kappa shape index (κ2) is 4.81. The molecule has 0 saturated heterocycles. The number of rotatable bonds is 3. The molecule has 0 saturated carbocycles. The average Bonchev–Trinajstić information content (AvgIpc) is 2.34. The molecule has 0 fully saturated rings. The predicted molar refractivity (Wildman–Crippen MR) is 66.7 cm³/mol. The number of pyridine rings is 2. The van der Waals surface area contributed by atoms with E-state index in [-0.39, 0.29) is 11.2 Å². The molecule has 0 spiro atoms. The van der Waals surface area contributed by atoms with Crippen LogP contribution in [-0.4, -0.2) is 18.0 Å². The summed E-state index contributed by atoms with van der Waals surface area (Å²) in [4.78, 5) is 14.7. The lowest BCUT2D eigenvalue weighted by Crippen LogP contribution is -2.19. The van der Waals surface area contributed by atoms with Crippen LogP contribution in [0.3, 0.4) is 0 Å². The Balaban J connectivity index is 2.39. The number of nitrogens with one attached hydrogen (secondary N) is 1. The summed E-state index contributed by atoms with van der Waals surface area (Å²) in [5.74, 6) is -0.945. The van der Waals surface area contributed by atoms with Crippen LogP contribution in [0, 0.1) is 5.82 Å². The fourth-order valence-corrected chi connectivity index (χ4v) is 2.48. The van der Waals surface area contributed by atoms with Crippen LogP contribution in [0.15, 0.2) is 46.5 Å². The van der Waals surface area contributed by atoms with Crippen molar-refractivity contribution in [1.82, 2.24) is 9.55 Å². The second-order valence-corrected chi connectivity index (χ2v) is 5.36. The molecule has 1 N–H and O–H groups in total. The topological polar surface area (TPSA) is 81.1 Å². The minimum Gasteiger partial charge on any atom is -0.316 e. The maximum absolute atomic E-state index is 13.4. The van der Waals surface area contributed by atoms with Crippen LogP contribution in [0.5, 0.6) is 0 Å². The molecular formula is C11H10FN3O3S. The van der Waals surface area contributed by atoms with Gasteiger partial charge in [0.25, 0.3) is 10.0 Å². The molecule has 6 nitrogen and oxygen atoms in total. The Labute approximate surface area is 108 Å². The van der Waals surface area contributed by atoms with E-state index in [0.717, 1.165) is 6.07 Å². The standard InChI is InChI=1S/C11H10FN3O3S/c1-15-7-8(4-5-10(15)16)14-19(17,18)11-9(12)3-2-6-13-11/h2-7,14H,1H3. The minimum atomic E-state index is -4.13. The van der Waals surface area contributed by atoms with Crippen molar-refractivity contribution in [3.8, 4) is 0 Å². The van der Waals surface area contributed by atoms with Crippen molar-refractivity contribution in [2.45, 2.75) is 5.03 Å². The van der Waals surface area contributed by atoms with Crippen molar-refractivity contribution in [2.24, 2.45) is 7.05 Å². The lowest BCUT2D eigenvalue weighted by molar-refractivity contribution is 0.557. The number of sulfonamides is 1. The highest BCUT2D eigenvalue weighted by Crippen LogP contribution is 2.15. The van der Waals surface area contributed by atoms with Gasteiger partial charge in [-0.25, -0.2) is 9.37 Å². The van der Waals surface area contributed by atoms with Gasteiger partial charge < -0.3 is 4.57 Å². The first kappa shape index (κ1) is 13.2. The predicted octanol–water partition coefficient (Wildman–Crippen LogP) is 0.720. The number of anilines is 1. The van der Waals surface area contributed by atoms with E-state index in [1.165, 1.54) is 42.2 Å². The molecule has 0 bridgehead atoms. The Kier molecular flexibility index (Phi) is 3.34. The molecule has 19 heavy (non-hydrogen) atoms. The van der Waals surface area contributed by atoms with Gasteiger partial charge in [-0.1, -0.05) is 0 Å². The van der Waals surface area contributed by atoms with Gasteiger partial charge in [0.2, 0.25) is 10.6 Å². The summed E-state index contributed by atoms with van der Waals surface area (Å²) in [6, 6.07) is 4.79. The molecule has 0 atom stereocenters. The third-order valence-electron chi connectivity index (χ3n) is 2.32. The molecule has 8 heteroatoms. The van der Waals surface area contributed by atoms with Crippen molar-refractivity contribution in [1.29, 1.82) is 0 Å². The first-order chi connectivity index (χ1) is 8.90. The van der Waals surface area contributed by atoms with E-state index in [2.05, 4.69) is 9.71 Å². The van der Waals surface area contributed by atoms with E-state index < -0.39 is 20.9 Å². The van der Waals surface area contributed by atoms with Gasteiger partial charge >= 0.3 is 0 Å². The molecule has 0 aliphatic heterocycles. The zero-order valence-corrected chi connectivity index (χ0v) is 10.7. The van der Waals surface area contributed by atoms with E-state index in [9.17, 15) is 17.6 Å². The highest BCUT2D eigenvalue weighted by atomic mass is 32.2. The highest BCUT2D eigenvalue weighted by molar-refractivity contribution is 7.92. The normalized spacial score (nSPS) is 11.3. The maximum atomic E-state index is 13.4. The molecule has 0 unspecified atom stereocenters. The molecule has 100 valence electrons. The third-order valence-corrected chi connectivity index (χ3v) is 3.63. The summed E-state index contributed by atoms with van der Waals surface area (Å²) in [5.41, 5.74) is -0.140. The van der Waals surface area contributed by atoms with Gasteiger partial charge in [-0.05, 0) is 18.2 Å². The van der Waals surface area contributed by atoms with Gasteiger partial charge in [-0.2, -0.15) is 8.42 Å². The van der Waals surface area contributed by atoms with Gasteiger partial charge in [0.1, 0.15) is 0 Å². The summed E-state index contributed by atoms with van der Waals surface area (Å²) in [6.07, 6.45) is 2.47. The van der Waals surface area contributed by atoms with Crippen LogP contribution >= 0.6 is 0 Å². The maximum Gasteiger partial charge on any atom is 0.282 e. The fourth-order valence-electron chi connectivity index (χ4n) is 1.43. The molecule has 0 aliphatic rings. The van der Waals surface area contributed by atoms with E-state index in [4.69, 9.17) is 0 Å². The number of hydrogen-bond acceptors (Lipinski definition) is 4. The van der Waals surface area contributed by atoms with Crippen LogP contribution in [0.25, 0.3) is 0 Å². The molecule has 0 radical (unpaired) electrons. The lowest BCUT2D eigenvalue weighted by Gasteiger charge is -2.08. The third kappa shape index (κ3) is 2.79. The zero-order chi connectivity index (χ0) is 14.0. The molecule has 2 heterocycles. The zero-order valence-electron chi connectivity index (χ0n) is 9.87. The molecule has 2 aromatic rings. The Morgan fingerprint density at radius 2 is 2.05 bits per heavy atom. The largest absolute Gasteiger partial charge is 0.316 e. The van der Waals surface area contributed by atoms with Gasteiger partial charge in [0.05, 0.1) is 5.69 Å². The minimum absolute atomic E-state index is 0.146. The average molecular weight is 283 g/mol. The van der Waals surface area contributed by atoms with Crippen molar-refractivity contribution in [2.75, 3.05) is 4.72 Å². The summed E-state index contributed by atoms with van der Waals surface area (Å²) < 4.78 is 40.6. The number of nitrogens with zero attached hydrogens (tertiary/aromatic N) is 2. The molecular weight excluding hydrogens is 273 g/mol. The van der Waals surface area contributed by atoms with Crippen molar-refractivity contribution in [3.63, 3.8) is 0 Å². The number of hydrogen-bond donors (Lipinski definition) is 1. The van der Waals surface area contributed by atoms with Gasteiger partial charge in [-0.15, -0.1) is 0 Å². The van der Waals surface area contributed by atoms with Crippen LogP contribution in [0.2, 0.25) is 0 Å². The molecule has 2 aromatic heterocycles. The van der Waals surface area contributed by atoms with E-state index >= 15 is 0 Å².